The molecule has 0 spiro atoms. The van der Waals surface area contributed by atoms with E-state index in [0.29, 0.717) is 0 Å². The standard InChI is InChI=1S/C70H52N2O2/c1-41-17-7-9-29-57(41)71(61-31-15-25-51-49-23-13-27-55(67(49)73-69(51)61)63-43(3)19-11-20-44(63)4)59-39-35-47-34-38-54-60(40-36-48-33-37-53(59)65(47)66(48)54)72(58-30-10-8-18-42(58)2)62-32-16-26-52-50-24-14-28-56(68(50)74-70(52)62)64-45(5)21-12-22-46(64)6/h7-40H,1-6H3. The lowest BCUT2D eigenvalue weighted by Crippen LogP contribution is -2.13. The molecule has 12 aromatic carbocycles. The van der Waals surface area contributed by atoms with Gasteiger partial charge in [-0.25, -0.2) is 0 Å². The van der Waals surface area contributed by atoms with E-state index in [4.69, 9.17) is 8.83 Å². The molecule has 0 aliphatic rings. The van der Waals surface area contributed by atoms with Gasteiger partial charge in [-0.15, -0.1) is 0 Å². The first-order valence-corrected chi connectivity index (χ1v) is 25.7. The van der Waals surface area contributed by atoms with Crippen LogP contribution in [0.5, 0.6) is 0 Å². The predicted octanol–water partition coefficient (Wildman–Crippen LogP) is 20.5. The lowest BCUT2D eigenvalue weighted by Gasteiger charge is -2.30. The molecular formula is C70H52N2O2. The van der Waals surface area contributed by atoms with Gasteiger partial charge in [0.25, 0.3) is 0 Å². The van der Waals surface area contributed by atoms with Crippen LogP contribution in [0.15, 0.2) is 215 Å². The van der Waals surface area contributed by atoms with Crippen LogP contribution in [0.3, 0.4) is 0 Å². The maximum atomic E-state index is 7.24. The molecule has 14 aromatic rings. The van der Waals surface area contributed by atoms with Crippen LogP contribution in [0, 0.1) is 41.5 Å². The normalized spacial score (nSPS) is 11.9. The Kier molecular flexibility index (Phi) is 9.87. The van der Waals surface area contributed by atoms with Gasteiger partial charge < -0.3 is 18.6 Å². The molecule has 0 bridgehead atoms. The highest BCUT2D eigenvalue weighted by Crippen LogP contribution is 2.52. The van der Waals surface area contributed by atoms with Crippen LogP contribution in [-0.2, 0) is 0 Å². The van der Waals surface area contributed by atoms with Crippen molar-refractivity contribution in [3.05, 3.63) is 240 Å². The number of rotatable bonds is 8. The number of hydrogen-bond acceptors (Lipinski definition) is 4. The van der Waals surface area contributed by atoms with Gasteiger partial charge in [0.15, 0.2) is 11.2 Å². The minimum Gasteiger partial charge on any atom is -0.453 e. The molecule has 0 amide bonds. The van der Waals surface area contributed by atoms with Crippen LogP contribution in [0.2, 0.25) is 0 Å². The van der Waals surface area contributed by atoms with Crippen LogP contribution in [0.25, 0.3) is 98.4 Å². The van der Waals surface area contributed by atoms with E-state index >= 15 is 0 Å². The highest BCUT2D eigenvalue weighted by Gasteiger charge is 2.28. The second-order valence-corrected chi connectivity index (χ2v) is 20.2. The summed E-state index contributed by atoms with van der Waals surface area (Å²) in [7, 11) is 0. The van der Waals surface area contributed by atoms with E-state index in [2.05, 4.69) is 258 Å². The van der Waals surface area contributed by atoms with Crippen molar-refractivity contribution in [2.45, 2.75) is 41.5 Å². The predicted molar refractivity (Wildman–Crippen MR) is 313 cm³/mol. The van der Waals surface area contributed by atoms with Crippen LogP contribution < -0.4 is 9.80 Å². The number of hydrogen-bond donors (Lipinski definition) is 0. The summed E-state index contributed by atoms with van der Waals surface area (Å²) in [6.45, 7) is 13.2. The summed E-state index contributed by atoms with van der Waals surface area (Å²) in [4.78, 5) is 4.86. The van der Waals surface area contributed by atoms with Crippen LogP contribution in [0.4, 0.5) is 34.1 Å². The van der Waals surface area contributed by atoms with Gasteiger partial charge in [-0.05, 0) is 144 Å². The molecule has 0 fully saturated rings. The third-order valence-corrected chi connectivity index (χ3v) is 15.8. The maximum Gasteiger partial charge on any atom is 0.159 e. The summed E-state index contributed by atoms with van der Waals surface area (Å²) in [6, 6.07) is 75.2. The van der Waals surface area contributed by atoms with Crippen molar-refractivity contribution in [2.24, 2.45) is 0 Å². The quantitative estimate of drug-likeness (QED) is 0.142. The molecule has 0 unspecified atom stereocenters. The molecule has 0 saturated carbocycles. The third-order valence-electron chi connectivity index (χ3n) is 15.8. The van der Waals surface area contributed by atoms with E-state index < -0.39 is 0 Å². The summed E-state index contributed by atoms with van der Waals surface area (Å²) in [5, 5.41) is 11.5. The van der Waals surface area contributed by atoms with Crippen LogP contribution >= 0.6 is 0 Å². The SMILES string of the molecule is Cc1ccccc1N(c1ccc2ccc3c(N(c4ccccc4C)c4cccc5c4oc4c(-c6c(C)cccc6C)cccc45)ccc4ccc1c2c43)c1cccc2c1oc1c(-c3c(C)cccc3C)cccc12. The lowest BCUT2D eigenvalue weighted by molar-refractivity contribution is 0.669. The lowest BCUT2D eigenvalue weighted by atomic mass is 9.91. The molecule has 0 atom stereocenters. The molecule has 2 aromatic heterocycles. The van der Waals surface area contributed by atoms with E-state index in [1.54, 1.807) is 0 Å². The molecule has 0 N–H and O–H groups in total. The topological polar surface area (TPSA) is 32.8 Å². The number of benzene rings is 12. The fraction of sp³-hybridized carbons (Fsp3) is 0.0857. The van der Waals surface area contributed by atoms with E-state index in [1.165, 1.54) is 66.1 Å². The smallest absolute Gasteiger partial charge is 0.159 e. The minimum absolute atomic E-state index is 0.854. The summed E-state index contributed by atoms with van der Waals surface area (Å²) >= 11 is 0. The van der Waals surface area contributed by atoms with Crippen molar-refractivity contribution in [1.82, 2.24) is 0 Å². The summed E-state index contributed by atoms with van der Waals surface area (Å²) in [5.74, 6) is 0. The summed E-state index contributed by atoms with van der Waals surface area (Å²) in [5.41, 5.74) is 21.7. The fourth-order valence-corrected chi connectivity index (χ4v) is 12.4. The first kappa shape index (κ1) is 43.7. The molecular weight excluding hydrogens is 901 g/mol. The Bertz CT molecular complexity index is 4260. The van der Waals surface area contributed by atoms with Crippen LogP contribution in [-0.4, -0.2) is 0 Å². The molecule has 14 rings (SSSR count). The Morgan fingerprint density at radius 3 is 0.973 bits per heavy atom. The third kappa shape index (κ3) is 6.47. The van der Waals surface area contributed by atoms with E-state index in [-0.39, 0.29) is 0 Å². The Morgan fingerprint density at radius 1 is 0.243 bits per heavy atom. The van der Waals surface area contributed by atoms with Crippen molar-refractivity contribution >= 4 is 110 Å². The number of fused-ring (bicyclic) bond motifs is 6. The number of para-hydroxylation sites is 6. The van der Waals surface area contributed by atoms with Crippen molar-refractivity contribution in [2.75, 3.05) is 9.80 Å². The number of aryl methyl sites for hydroxylation is 6. The van der Waals surface area contributed by atoms with Crippen molar-refractivity contribution in [1.29, 1.82) is 0 Å². The highest BCUT2D eigenvalue weighted by molar-refractivity contribution is 6.29. The van der Waals surface area contributed by atoms with E-state index in [9.17, 15) is 0 Å². The molecule has 2 heterocycles. The zero-order valence-electron chi connectivity index (χ0n) is 42.3. The van der Waals surface area contributed by atoms with Gasteiger partial charge in [0.1, 0.15) is 11.2 Å². The monoisotopic (exact) mass is 952 g/mol. The Balaban J connectivity index is 1.01. The van der Waals surface area contributed by atoms with Gasteiger partial charge in [0.2, 0.25) is 0 Å². The van der Waals surface area contributed by atoms with Gasteiger partial charge in [-0.1, -0.05) is 170 Å². The second-order valence-electron chi connectivity index (χ2n) is 20.2. The van der Waals surface area contributed by atoms with Gasteiger partial charge >= 0.3 is 0 Å². The molecule has 0 radical (unpaired) electrons. The first-order valence-electron chi connectivity index (χ1n) is 25.7. The van der Waals surface area contributed by atoms with E-state index in [0.717, 1.165) is 99.9 Å². The van der Waals surface area contributed by atoms with Crippen molar-refractivity contribution in [3.63, 3.8) is 0 Å². The van der Waals surface area contributed by atoms with Crippen molar-refractivity contribution < 1.29 is 8.83 Å². The Hall–Kier alpha value is -9.12. The highest BCUT2D eigenvalue weighted by atomic mass is 16.3. The molecule has 0 aliphatic carbocycles. The molecule has 354 valence electrons. The number of furan rings is 2. The maximum absolute atomic E-state index is 7.24. The average molecular weight is 953 g/mol. The summed E-state index contributed by atoms with van der Waals surface area (Å²) < 4.78 is 14.5. The molecule has 4 heteroatoms. The largest absolute Gasteiger partial charge is 0.453 e. The molecule has 4 nitrogen and oxygen atoms in total. The van der Waals surface area contributed by atoms with Gasteiger partial charge in [-0.3, -0.25) is 0 Å². The average Bonchev–Trinajstić information content (AvgIpc) is 4.07. The Labute approximate surface area is 430 Å². The molecule has 74 heavy (non-hydrogen) atoms. The first-order chi connectivity index (χ1) is 36.2. The Morgan fingerprint density at radius 2 is 0.568 bits per heavy atom. The second kappa shape index (κ2) is 16.7. The van der Waals surface area contributed by atoms with Crippen molar-refractivity contribution in [3.8, 4) is 22.3 Å². The number of anilines is 6. The number of nitrogens with zero attached hydrogens (tertiary/aromatic N) is 2. The van der Waals surface area contributed by atoms with Crippen LogP contribution in [0.1, 0.15) is 33.4 Å². The van der Waals surface area contributed by atoms with Gasteiger partial charge in [0.05, 0.1) is 22.7 Å². The summed E-state index contributed by atoms with van der Waals surface area (Å²) in [6.07, 6.45) is 0. The van der Waals surface area contributed by atoms with Gasteiger partial charge in [-0.2, -0.15) is 0 Å². The fourth-order valence-electron chi connectivity index (χ4n) is 12.4. The zero-order chi connectivity index (χ0) is 49.9. The van der Waals surface area contributed by atoms with E-state index in [1.807, 2.05) is 0 Å². The molecule has 0 saturated heterocycles. The zero-order valence-corrected chi connectivity index (χ0v) is 42.3. The minimum atomic E-state index is 0.854. The molecule has 0 aliphatic heterocycles. The van der Waals surface area contributed by atoms with Gasteiger partial charge in [0, 0.05) is 54.8 Å².